The number of carbonyl (C=O) groups is 2. The molecule has 1 unspecified atom stereocenters. The number of fused-ring (bicyclic) bond motifs is 1. The van der Waals surface area contributed by atoms with Crippen LogP contribution in [0.1, 0.15) is 28.8 Å². The van der Waals surface area contributed by atoms with E-state index in [-0.39, 0.29) is 17.9 Å². The molecule has 2 aliphatic heterocycles. The molecular formula is C11H12N2O2S. The molecule has 0 aliphatic carbocycles. The van der Waals surface area contributed by atoms with E-state index in [1.165, 1.54) is 0 Å². The predicted octanol–water partition coefficient (Wildman–Crippen LogP) is 0.983. The Morgan fingerprint density at radius 1 is 1.38 bits per heavy atom. The van der Waals surface area contributed by atoms with Crippen molar-refractivity contribution in [1.82, 2.24) is 10.2 Å². The van der Waals surface area contributed by atoms with Crippen LogP contribution in [0.25, 0.3) is 0 Å². The van der Waals surface area contributed by atoms with Gasteiger partial charge in [0.15, 0.2) is 0 Å². The lowest BCUT2D eigenvalue weighted by Crippen LogP contribution is -2.48. The minimum Gasteiger partial charge on any atom is -0.354 e. The van der Waals surface area contributed by atoms with Crippen LogP contribution in [0.5, 0.6) is 0 Å². The first-order chi connectivity index (χ1) is 7.75. The maximum Gasteiger partial charge on any atom is 0.255 e. The zero-order chi connectivity index (χ0) is 11.1. The monoisotopic (exact) mass is 236 g/mol. The molecule has 2 aliphatic rings. The smallest absolute Gasteiger partial charge is 0.255 e. The van der Waals surface area contributed by atoms with Crippen LogP contribution < -0.4 is 5.32 Å². The Labute approximate surface area is 97.2 Å². The van der Waals surface area contributed by atoms with Crippen LogP contribution in [-0.4, -0.2) is 29.3 Å². The summed E-state index contributed by atoms with van der Waals surface area (Å²) in [6.45, 7) is 1.30. The van der Waals surface area contributed by atoms with Crippen molar-refractivity contribution in [3.63, 3.8) is 0 Å². The third-order valence-corrected chi connectivity index (χ3v) is 4.05. The van der Waals surface area contributed by atoms with Gasteiger partial charge in [-0.2, -0.15) is 11.3 Å². The Bertz CT molecular complexity index is 445. The van der Waals surface area contributed by atoms with E-state index in [1.807, 2.05) is 15.7 Å². The predicted molar refractivity (Wildman–Crippen MR) is 60.2 cm³/mol. The van der Waals surface area contributed by atoms with Gasteiger partial charge in [0.1, 0.15) is 0 Å². The minimum absolute atomic E-state index is 0.0945. The van der Waals surface area contributed by atoms with Gasteiger partial charge in [0.2, 0.25) is 5.91 Å². The fourth-order valence-corrected chi connectivity index (χ4v) is 3.15. The number of hydrogen-bond donors (Lipinski definition) is 1. The van der Waals surface area contributed by atoms with E-state index in [0.717, 1.165) is 17.5 Å². The molecule has 1 aromatic heterocycles. The number of nitrogens with zero attached hydrogens (tertiary/aromatic N) is 1. The average molecular weight is 236 g/mol. The Hall–Kier alpha value is -1.36. The van der Waals surface area contributed by atoms with Crippen LogP contribution in [-0.2, 0) is 11.3 Å². The van der Waals surface area contributed by atoms with Gasteiger partial charge in [-0.1, -0.05) is 0 Å². The molecule has 1 fully saturated rings. The van der Waals surface area contributed by atoms with Crippen molar-refractivity contribution < 1.29 is 9.59 Å². The maximum absolute atomic E-state index is 12.1. The second-order valence-electron chi connectivity index (χ2n) is 4.24. The summed E-state index contributed by atoms with van der Waals surface area (Å²) >= 11 is 1.58. The van der Waals surface area contributed by atoms with E-state index < -0.39 is 0 Å². The molecule has 2 amide bonds. The fourth-order valence-electron chi connectivity index (χ4n) is 2.32. The molecule has 0 bridgehead atoms. The summed E-state index contributed by atoms with van der Waals surface area (Å²) in [4.78, 5) is 25.0. The Kier molecular flexibility index (Phi) is 2.21. The van der Waals surface area contributed by atoms with Crippen LogP contribution in [0.4, 0.5) is 0 Å². The maximum atomic E-state index is 12.1. The molecule has 4 nitrogen and oxygen atoms in total. The van der Waals surface area contributed by atoms with Gasteiger partial charge in [0, 0.05) is 24.9 Å². The van der Waals surface area contributed by atoms with Crippen molar-refractivity contribution in [3.8, 4) is 0 Å². The lowest BCUT2D eigenvalue weighted by atomic mass is 10.1. The lowest BCUT2D eigenvalue weighted by Gasteiger charge is -2.31. The molecule has 0 saturated carbocycles. The number of rotatable bonds is 1. The molecule has 0 aromatic carbocycles. The van der Waals surface area contributed by atoms with E-state index in [0.29, 0.717) is 19.5 Å². The van der Waals surface area contributed by atoms with Gasteiger partial charge < -0.3 is 10.2 Å². The zero-order valence-electron chi connectivity index (χ0n) is 8.73. The Morgan fingerprint density at radius 3 is 2.94 bits per heavy atom. The van der Waals surface area contributed by atoms with Crippen molar-refractivity contribution in [2.75, 3.05) is 6.54 Å². The van der Waals surface area contributed by atoms with Crippen molar-refractivity contribution in [2.45, 2.75) is 25.4 Å². The van der Waals surface area contributed by atoms with Gasteiger partial charge in [-0.25, -0.2) is 0 Å². The lowest BCUT2D eigenvalue weighted by molar-refractivity contribution is -0.123. The normalized spacial score (nSPS) is 24.5. The van der Waals surface area contributed by atoms with Crippen molar-refractivity contribution in [2.24, 2.45) is 0 Å². The van der Waals surface area contributed by atoms with Crippen molar-refractivity contribution in [1.29, 1.82) is 0 Å². The second kappa shape index (κ2) is 3.59. The summed E-state index contributed by atoms with van der Waals surface area (Å²) in [5, 5.41) is 6.77. The molecule has 1 saturated heterocycles. The minimum atomic E-state index is 0.0945. The standard InChI is InChI=1S/C11H12N2O2S/c14-10-2-1-8(3-12-10)13-4-7-5-16-6-9(7)11(13)15/h5-6,8H,1-4H2,(H,12,14). The number of amides is 2. The molecule has 84 valence electrons. The van der Waals surface area contributed by atoms with E-state index in [1.54, 1.807) is 11.3 Å². The number of carbonyl (C=O) groups excluding carboxylic acids is 2. The molecule has 5 heteroatoms. The van der Waals surface area contributed by atoms with E-state index in [2.05, 4.69) is 5.32 Å². The Balaban J connectivity index is 1.76. The van der Waals surface area contributed by atoms with E-state index in [4.69, 9.17) is 0 Å². The summed E-state index contributed by atoms with van der Waals surface area (Å²) in [5.41, 5.74) is 1.98. The van der Waals surface area contributed by atoms with Gasteiger partial charge in [-0.3, -0.25) is 9.59 Å². The van der Waals surface area contributed by atoms with E-state index in [9.17, 15) is 9.59 Å². The first-order valence-corrected chi connectivity index (χ1v) is 6.33. The number of thiophene rings is 1. The molecule has 0 radical (unpaired) electrons. The highest BCUT2D eigenvalue weighted by Crippen LogP contribution is 2.29. The highest BCUT2D eigenvalue weighted by molar-refractivity contribution is 7.08. The molecule has 1 atom stereocenters. The van der Waals surface area contributed by atoms with Crippen LogP contribution in [0, 0.1) is 0 Å². The largest absolute Gasteiger partial charge is 0.354 e. The molecule has 0 spiro atoms. The summed E-state index contributed by atoms with van der Waals surface area (Å²) in [6.07, 6.45) is 1.31. The molecule has 1 N–H and O–H groups in total. The number of nitrogens with one attached hydrogen (secondary N) is 1. The van der Waals surface area contributed by atoms with Gasteiger partial charge in [-0.05, 0) is 17.4 Å². The summed E-state index contributed by atoms with van der Waals surface area (Å²) in [7, 11) is 0. The first-order valence-electron chi connectivity index (χ1n) is 5.38. The van der Waals surface area contributed by atoms with Crippen LogP contribution in [0.3, 0.4) is 0 Å². The zero-order valence-corrected chi connectivity index (χ0v) is 9.55. The number of piperidine rings is 1. The third kappa shape index (κ3) is 1.43. The topological polar surface area (TPSA) is 49.4 Å². The first kappa shape index (κ1) is 9.84. The van der Waals surface area contributed by atoms with Gasteiger partial charge in [0.05, 0.1) is 11.6 Å². The van der Waals surface area contributed by atoms with Gasteiger partial charge in [0.25, 0.3) is 5.91 Å². The quantitative estimate of drug-likeness (QED) is 0.790. The Morgan fingerprint density at radius 2 is 2.25 bits per heavy atom. The third-order valence-electron chi connectivity index (χ3n) is 3.25. The van der Waals surface area contributed by atoms with Crippen molar-refractivity contribution >= 4 is 23.2 Å². The summed E-state index contributed by atoms with van der Waals surface area (Å²) < 4.78 is 0. The average Bonchev–Trinajstić information content (AvgIpc) is 2.84. The molecule has 16 heavy (non-hydrogen) atoms. The highest BCUT2D eigenvalue weighted by atomic mass is 32.1. The molecule has 1 aromatic rings. The van der Waals surface area contributed by atoms with Crippen LogP contribution in [0.15, 0.2) is 10.8 Å². The second-order valence-corrected chi connectivity index (χ2v) is 4.98. The van der Waals surface area contributed by atoms with E-state index >= 15 is 0 Å². The summed E-state index contributed by atoms with van der Waals surface area (Å²) in [6, 6.07) is 0.169. The molecule has 3 rings (SSSR count). The van der Waals surface area contributed by atoms with Crippen molar-refractivity contribution in [3.05, 3.63) is 21.9 Å². The van der Waals surface area contributed by atoms with Crippen LogP contribution >= 0.6 is 11.3 Å². The number of hydrogen-bond acceptors (Lipinski definition) is 3. The molecule has 3 heterocycles. The van der Waals surface area contributed by atoms with Crippen LogP contribution in [0.2, 0.25) is 0 Å². The fraction of sp³-hybridized carbons (Fsp3) is 0.455. The van der Waals surface area contributed by atoms with Gasteiger partial charge >= 0.3 is 0 Å². The summed E-state index contributed by atoms with van der Waals surface area (Å²) in [5.74, 6) is 0.217. The van der Waals surface area contributed by atoms with Gasteiger partial charge in [-0.15, -0.1) is 0 Å². The highest BCUT2D eigenvalue weighted by Gasteiger charge is 2.34. The molecular weight excluding hydrogens is 224 g/mol. The SMILES string of the molecule is O=C1CCC(N2Cc3cscc3C2=O)CN1.